The number of aromatic nitrogens is 1. The summed E-state index contributed by atoms with van der Waals surface area (Å²) < 4.78 is 13.2. The van der Waals surface area contributed by atoms with Crippen LogP contribution in [0.3, 0.4) is 0 Å². The van der Waals surface area contributed by atoms with E-state index in [4.69, 9.17) is 17.3 Å². The summed E-state index contributed by atoms with van der Waals surface area (Å²) in [7, 11) is 0. The second-order valence-corrected chi connectivity index (χ2v) is 3.09. The van der Waals surface area contributed by atoms with Gasteiger partial charge in [0.25, 0.3) is 0 Å². The van der Waals surface area contributed by atoms with Gasteiger partial charge in [0, 0.05) is 22.0 Å². The van der Waals surface area contributed by atoms with Crippen molar-refractivity contribution in [3.05, 3.63) is 35.2 Å². The largest absolute Gasteiger partial charge is 0.384 e. The maximum Gasteiger partial charge on any atom is 0.132 e. The molecule has 0 atom stereocenters. The van der Waals surface area contributed by atoms with E-state index in [9.17, 15) is 4.39 Å². The van der Waals surface area contributed by atoms with E-state index in [1.165, 1.54) is 18.3 Å². The van der Waals surface area contributed by atoms with Gasteiger partial charge < -0.3 is 5.73 Å². The summed E-state index contributed by atoms with van der Waals surface area (Å²) in [6.07, 6.45) is 1.38. The number of halogens is 2. The fourth-order valence-electron chi connectivity index (χ4n) is 1.19. The quantitative estimate of drug-likeness (QED) is 0.704. The number of nitrogen functional groups attached to an aromatic ring is 1. The SMILES string of the molecule is Nc1cc2c(Cl)ccc(F)c2cn1. The van der Waals surface area contributed by atoms with E-state index >= 15 is 0 Å². The third-order valence-electron chi connectivity index (χ3n) is 1.82. The summed E-state index contributed by atoms with van der Waals surface area (Å²) in [5.41, 5.74) is 5.45. The zero-order chi connectivity index (χ0) is 9.42. The van der Waals surface area contributed by atoms with Crippen molar-refractivity contribution in [2.75, 3.05) is 5.73 Å². The molecule has 1 aromatic heterocycles. The molecule has 2 nitrogen and oxygen atoms in total. The van der Waals surface area contributed by atoms with Crippen LogP contribution in [-0.4, -0.2) is 4.98 Å². The highest BCUT2D eigenvalue weighted by atomic mass is 35.5. The van der Waals surface area contributed by atoms with Crippen molar-refractivity contribution in [1.82, 2.24) is 4.98 Å². The highest BCUT2D eigenvalue weighted by molar-refractivity contribution is 6.35. The van der Waals surface area contributed by atoms with E-state index in [1.54, 1.807) is 6.07 Å². The van der Waals surface area contributed by atoms with Crippen LogP contribution >= 0.6 is 11.6 Å². The summed E-state index contributed by atoms with van der Waals surface area (Å²) in [5, 5.41) is 1.46. The van der Waals surface area contributed by atoms with Crippen molar-refractivity contribution in [2.45, 2.75) is 0 Å². The Bertz CT molecular complexity index is 470. The fraction of sp³-hybridized carbons (Fsp3) is 0. The van der Waals surface area contributed by atoms with Gasteiger partial charge in [-0.15, -0.1) is 0 Å². The summed E-state index contributed by atoms with van der Waals surface area (Å²) in [4.78, 5) is 3.79. The number of anilines is 1. The van der Waals surface area contributed by atoms with Crippen LogP contribution in [0, 0.1) is 5.82 Å². The van der Waals surface area contributed by atoms with E-state index in [-0.39, 0.29) is 5.82 Å². The highest BCUT2D eigenvalue weighted by Gasteiger charge is 2.04. The van der Waals surface area contributed by atoms with Gasteiger partial charge in [-0.3, -0.25) is 0 Å². The van der Waals surface area contributed by atoms with E-state index < -0.39 is 0 Å². The molecule has 0 saturated carbocycles. The first-order valence-corrected chi connectivity index (χ1v) is 4.05. The van der Waals surface area contributed by atoms with Crippen LogP contribution in [0.5, 0.6) is 0 Å². The summed E-state index contributed by atoms with van der Waals surface area (Å²) >= 11 is 5.85. The molecule has 4 heteroatoms. The predicted molar refractivity (Wildman–Crippen MR) is 51.1 cm³/mol. The smallest absolute Gasteiger partial charge is 0.132 e. The zero-order valence-corrected chi connectivity index (χ0v) is 7.35. The maximum absolute atomic E-state index is 13.2. The minimum atomic E-state index is -0.341. The molecule has 0 aliphatic carbocycles. The minimum Gasteiger partial charge on any atom is -0.384 e. The minimum absolute atomic E-state index is 0.333. The number of pyridine rings is 1. The van der Waals surface area contributed by atoms with E-state index in [1.807, 2.05) is 0 Å². The molecule has 0 bridgehead atoms. The molecule has 0 unspecified atom stereocenters. The molecule has 1 heterocycles. The Hall–Kier alpha value is -1.35. The molecule has 66 valence electrons. The molecule has 0 aliphatic heterocycles. The highest BCUT2D eigenvalue weighted by Crippen LogP contribution is 2.26. The number of rotatable bonds is 0. The van der Waals surface area contributed by atoms with Gasteiger partial charge in [-0.2, -0.15) is 0 Å². The Morgan fingerprint density at radius 3 is 2.85 bits per heavy atom. The van der Waals surface area contributed by atoms with Crippen LogP contribution in [0.25, 0.3) is 10.8 Å². The average molecular weight is 197 g/mol. The molecule has 13 heavy (non-hydrogen) atoms. The number of hydrogen-bond donors (Lipinski definition) is 1. The lowest BCUT2D eigenvalue weighted by atomic mass is 10.1. The normalized spacial score (nSPS) is 10.6. The van der Waals surface area contributed by atoms with Crippen LogP contribution in [0.1, 0.15) is 0 Å². The zero-order valence-electron chi connectivity index (χ0n) is 6.59. The molecule has 0 amide bonds. The van der Waals surface area contributed by atoms with Gasteiger partial charge in [-0.05, 0) is 18.2 Å². The lowest BCUT2D eigenvalue weighted by molar-refractivity contribution is 0.639. The van der Waals surface area contributed by atoms with Crippen LogP contribution < -0.4 is 5.73 Å². The van der Waals surface area contributed by atoms with Gasteiger partial charge in [0.2, 0.25) is 0 Å². The van der Waals surface area contributed by atoms with Crippen molar-refractivity contribution in [3.63, 3.8) is 0 Å². The molecular formula is C9H6ClFN2. The Labute approximate surface area is 79.1 Å². The van der Waals surface area contributed by atoms with E-state index in [0.717, 1.165) is 0 Å². The topological polar surface area (TPSA) is 38.9 Å². The van der Waals surface area contributed by atoms with Gasteiger partial charge >= 0.3 is 0 Å². The van der Waals surface area contributed by atoms with Crippen molar-refractivity contribution in [2.24, 2.45) is 0 Å². The first-order valence-electron chi connectivity index (χ1n) is 3.68. The van der Waals surface area contributed by atoms with Crippen LogP contribution in [-0.2, 0) is 0 Å². The Morgan fingerprint density at radius 1 is 1.31 bits per heavy atom. The van der Waals surface area contributed by atoms with Crippen molar-refractivity contribution in [1.29, 1.82) is 0 Å². The van der Waals surface area contributed by atoms with Gasteiger partial charge in [0.1, 0.15) is 11.6 Å². The summed E-state index contributed by atoms with van der Waals surface area (Å²) in [6.45, 7) is 0. The fourth-order valence-corrected chi connectivity index (χ4v) is 1.40. The summed E-state index contributed by atoms with van der Waals surface area (Å²) in [6, 6.07) is 4.36. The second kappa shape index (κ2) is 2.85. The first kappa shape index (κ1) is 8.26. The number of benzene rings is 1. The van der Waals surface area contributed by atoms with Crippen molar-refractivity contribution < 1.29 is 4.39 Å². The number of nitrogens with two attached hydrogens (primary N) is 1. The Kier molecular flexibility index (Phi) is 1.81. The maximum atomic E-state index is 13.2. The van der Waals surface area contributed by atoms with E-state index in [2.05, 4.69) is 4.98 Å². The molecule has 0 fully saturated rings. The number of nitrogens with zero attached hydrogens (tertiary/aromatic N) is 1. The van der Waals surface area contributed by atoms with Crippen LogP contribution in [0.4, 0.5) is 10.2 Å². The molecule has 2 rings (SSSR count). The molecule has 0 saturated heterocycles. The number of hydrogen-bond acceptors (Lipinski definition) is 2. The Balaban J connectivity index is 2.92. The lowest BCUT2D eigenvalue weighted by Gasteiger charge is -2.01. The lowest BCUT2D eigenvalue weighted by Crippen LogP contribution is -1.90. The van der Waals surface area contributed by atoms with Crippen molar-refractivity contribution >= 4 is 28.2 Å². The molecule has 2 N–H and O–H groups in total. The van der Waals surface area contributed by atoms with Gasteiger partial charge in [0.15, 0.2) is 0 Å². The second-order valence-electron chi connectivity index (χ2n) is 2.68. The first-order chi connectivity index (χ1) is 6.18. The van der Waals surface area contributed by atoms with Gasteiger partial charge in [-0.1, -0.05) is 11.6 Å². The predicted octanol–water partition coefficient (Wildman–Crippen LogP) is 2.61. The third kappa shape index (κ3) is 1.31. The number of fused-ring (bicyclic) bond motifs is 1. The average Bonchev–Trinajstić information content (AvgIpc) is 2.12. The van der Waals surface area contributed by atoms with Crippen LogP contribution in [0.15, 0.2) is 24.4 Å². The molecule has 1 aromatic carbocycles. The molecule has 0 radical (unpaired) electrons. The molecular weight excluding hydrogens is 191 g/mol. The third-order valence-corrected chi connectivity index (χ3v) is 2.15. The molecule has 0 spiro atoms. The molecule has 2 aromatic rings. The summed E-state index contributed by atoms with van der Waals surface area (Å²) in [5.74, 6) is -0.00750. The Morgan fingerprint density at radius 2 is 2.08 bits per heavy atom. The van der Waals surface area contributed by atoms with E-state index in [0.29, 0.717) is 21.6 Å². The standard InChI is InChI=1S/C9H6ClFN2/c10-7-1-2-8(11)6-4-13-9(12)3-5(6)7/h1-4H,(H2,12,13). The van der Waals surface area contributed by atoms with Gasteiger partial charge in [0.05, 0.1) is 0 Å². The van der Waals surface area contributed by atoms with Crippen molar-refractivity contribution in [3.8, 4) is 0 Å². The monoisotopic (exact) mass is 196 g/mol. The molecule has 0 aliphatic rings. The van der Waals surface area contributed by atoms with Crippen LogP contribution in [0.2, 0.25) is 5.02 Å². The van der Waals surface area contributed by atoms with Gasteiger partial charge in [-0.25, -0.2) is 9.37 Å².